The summed E-state index contributed by atoms with van der Waals surface area (Å²) >= 11 is 0. The zero-order valence-corrected chi connectivity index (χ0v) is 9.72. The van der Waals surface area contributed by atoms with E-state index in [0.717, 1.165) is 25.7 Å². The number of carbonyl (C=O) groups is 1. The number of aromatic nitrogens is 2. The number of rotatable bonds is 3. The molecule has 1 aliphatic carbocycles. The van der Waals surface area contributed by atoms with Crippen molar-refractivity contribution in [2.45, 2.75) is 44.2 Å². The molecule has 0 bridgehead atoms. The Bertz CT molecular complexity index is 414. The molecule has 1 aromatic heterocycles. The largest absolute Gasteiger partial charge is 0.465 e. The summed E-state index contributed by atoms with van der Waals surface area (Å²) in [5.74, 6) is 0.150. The summed E-state index contributed by atoms with van der Waals surface area (Å²) in [7, 11) is 0. The van der Waals surface area contributed by atoms with E-state index in [1.165, 1.54) is 6.20 Å². The molecule has 2 N–H and O–H groups in total. The topological polar surface area (TPSA) is 67.2 Å². The molecule has 18 heavy (non-hydrogen) atoms. The van der Waals surface area contributed by atoms with Crippen LogP contribution < -0.4 is 5.32 Å². The molecule has 1 saturated carbocycles. The summed E-state index contributed by atoms with van der Waals surface area (Å²) in [4.78, 5) is 10.5. The van der Waals surface area contributed by atoms with Crippen LogP contribution in [0, 0.1) is 0 Å². The summed E-state index contributed by atoms with van der Waals surface area (Å²) in [6.07, 6.45) is 3.25. The van der Waals surface area contributed by atoms with E-state index in [9.17, 15) is 13.6 Å². The lowest BCUT2D eigenvalue weighted by atomic mass is 9.84. The molecule has 1 aliphatic rings. The molecule has 1 fully saturated rings. The molecule has 1 amide bonds. The Labute approximate surface area is 103 Å². The first-order valence-electron chi connectivity index (χ1n) is 5.89. The second-order valence-electron chi connectivity index (χ2n) is 4.50. The smallest absolute Gasteiger partial charge is 0.404 e. The fraction of sp³-hybridized carbons (Fsp3) is 0.636. The molecule has 0 saturated heterocycles. The molecular formula is C11H15F2N3O2. The van der Waals surface area contributed by atoms with Gasteiger partial charge in [0.2, 0.25) is 0 Å². The lowest BCUT2D eigenvalue weighted by molar-refractivity contribution is 0.0559. The number of nitrogens with one attached hydrogen (secondary N) is 1. The van der Waals surface area contributed by atoms with Gasteiger partial charge in [0.1, 0.15) is 0 Å². The number of alkyl halides is 2. The standard InChI is InChI=1S/C11H15F2N3O2/c12-10(13)16-6-5-9(15-16)7-1-3-8(4-2-7)14-11(17)18/h5-8,10,14H,1-4H2,(H,17,18). The quantitative estimate of drug-likeness (QED) is 0.876. The third kappa shape index (κ3) is 2.96. The summed E-state index contributed by atoms with van der Waals surface area (Å²) < 4.78 is 25.4. The number of amides is 1. The van der Waals surface area contributed by atoms with Crippen molar-refractivity contribution in [1.29, 1.82) is 0 Å². The van der Waals surface area contributed by atoms with E-state index in [0.29, 0.717) is 10.4 Å². The van der Waals surface area contributed by atoms with Crippen LogP contribution in [0.2, 0.25) is 0 Å². The summed E-state index contributed by atoms with van der Waals surface area (Å²) in [6.45, 7) is -2.61. The highest BCUT2D eigenvalue weighted by Gasteiger charge is 2.25. The van der Waals surface area contributed by atoms with Gasteiger partial charge in [-0.3, -0.25) is 0 Å². The second-order valence-corrected chi connectivity index (χ2v) is 4.50. The summed E-state index contributed by atoms with van der Waals surface area (Å²) in [5.41, 5.74) is 0.670. The molecule has 0 spiro atoms. The second kappa shape index (κ2) is 5.32. The van der Waals surface area contributed by atoms with Gasteiger partial charge >= 0.3 is 12.6 Å². The molecule has 0 aromatic carbocycles. The molecule has 0 aliphatic heterocycles. The van der Waals surface area contributed by atoms with Crippen molar-refractivity contribution in [2.24, 2.45) is 0 Å². The molecule has 5 nitrogen and oxygen atoms in total. The van der Waals surface area contributed by atoms with Gasteiger partial charge in [0.15, 0.2) is 0 Å². The number of nitrogens with zero attached hydrogens (tertiary/aromatic N) is 2. The first-order chi connectivity index (χ1) is 8.56. The molecule has 0 radical (unpaired) electrons. The van der Waals surface area contributed by atoms with Crippen molar-refractivity contribution in [3.05, 3.63) is 18.0 Å². The molecule has 1 heterocycles. The van der Waals surface area contributed by atoms with Gasteiger partial charge in [-0.15, -0.1) is 0 Å². The maximum Gasteiger partial charge on any atom is 0.404 e. The van der Waals surface area contributed by atoms with Crippen LogP contribution in [0.15, 0.2) is 12.3 Å². The molecular weight excluding hydrogens is 244 g/mol. The predicted molar refractivity (Wildman–Crippen MR) is 59.6 cm³/mol. The molecule has 7 heteroatoms. The number of carboxylic acid groups (broad SMARTS) is 1. The Kier molecular flexibility index (Phi) is 3.78. The van der Waals surface area contributed by atoms with Crippen LogP contribution in [0.4, 0.5) is 13.6 Å². The molecule has 0 atom stereocenters. The predicted octanol–water partition coefficient (Wildman–Crippen LogP) is 2.57. The van der Waals surface area contributed by atoms with Crippen LogP contribution in [-0.4, -0.2) is 27.0 Å². The zero-order chi connectivity index (χ0) is 13.1. The highest BCUT2D eigenvalue weighted by Crippen LogP contribution is 2.32. The van der Waals surface area contributed by atoms with Crippen LogP contribution >= 0.6 is 0 Å². The van der Waals surface area contributed by atoms with Crippen molar-refractivity contribution in [1.82, 2.24) is 15.1 Å². The van der Waals surface area contributed by atoms with Gasteiger partial charge in [-0.2, -0.15) is 13.9 Å². The minimum atomic E-state index is -2.61. The third-order valence-corrected chi connectivity index (χ3v) is 3.30. The van der Waals surface area contributed by atoms with E-state index < -0.39 is 12.6 Å². The van der Waals surface area contributed by atoms with Crippen LogP contribution in [0.1, 0.15) is 43.8 Å². The van der Waals surface area contributed by atoms with Crippen LogP contribution in [0.25, 0.3) is 0 Å². The van der Waals surface area contributed by atoms with Gasteiger partial charge < -0.3 is 10.4 Å². The Balaban J connectivity index is 1.90. The average Bonchev–Trinajstić information content (AvgIpc) is 2.78. The van der Waals surface area contributed by atoms with Gasteiger partial charge in [-0.05, 0) is 31.7 Å². The third-order valence-electron chi connectivity index (χ3n) is 3.30. The van der Waals surface area contributed by atoms with Crippen molar-refractivity contribution in [3.8, 4) is 0 Å². The fourth-order valence-electron chi connectivity index (χ4n) is 2.39. The molecule has 0 unspecified atom stereocenters. The number of hydrogen-bond donors (Lipinski definition) is 2. The van der Waals surface area contributed by atoms with E-state index in [4.69, 9.17) is 5.11 Å². The molecule has 2 rings (SSSR count). The van der Waals surface area contributed by atoms with E-state index in [2.05, 4.69) is 10.4 Å². The van der Waals surface area contributed by atoms with E-state index in [-0.39, 0.29) is 12.0 Å². The van der Waals surface area contributed by atoms with Crippen molar-refractivity contribution >= 4 is 6.09 Å². The zero-order valence-electron chi connectivity index (χ0n) is 9.72. The van der Waals surface area contributed by atoms with Gasteiger partial charge in [-0.1, -0.05) is 0 Å². The number of halogens is 2. The van der Waals surface area contributed by atoms with Gasteiger partial charge in [0.25, 0.3) is 0 Å². The molecule has 1 aromatic rings. The maximum atomic E-state index is 12.4. The average molecular weight is 259 g/mol. The summed E-state index contributed by atoms with van der Waals surface area (Å²) in [6, 6.07) is 1.58. The van der Waals surface area contributed by atoms with Gasteiger partial charge in [0.05, 0.1) is 5.69 Å². The van der Waals surface area contributed by atoms with Crippen molar-refractivity contribution < 1.29 is 18.7 Å². The fourth-order valence-corrected chi connectivity index (χ4v) is 2.39. The van der Waals surface area contributed by atoms with Crippen LogP contribution in [-0.2, 0) is 0 Å². The first kappa shape index (κ1) is 12.8. The van der Waals surface area contributed by atoms with E-state index in [1.54, 1.807) is 6.07 Å². The van der Waals surface area contributed by atoms with Crippen LogP contribution in [0.5, 0.6) is 0 Å². The van der Waals surface area contributed by atoms with Crippen molar-refractivity contribution in [3.63, 3.8) is 0 Å². The van der Waals surface area contributed by atoms with Crippen LogP contribution in [0.3, 0.4) is 0 Å². The Hall–Kier alpha value is -1.66. The Morgan fingerprint density at radius 1 is 1.44 bits per heavy atom. The highest BCUT2D eigenvalue weighted by atomic mass is 19.3. The first-order valence-corrected chi connectivity index (χ1v) is 5.89. The monoisotopic (exact) mass is 259 g/mol. The van der Waals surface area contributed by atoms with Gasteiger partial charge in [-0.25, -0.2) is 9.48 Å². The minimum absolute atomic E-state index is 0.0315. The minimum Gasteiger partial charge on any atom is -0.465 e. The Morgan fingerprint density at radius 2 is 2.11 bits per heavy atom. The Morgan fingerprint density at radius 3 is 2.61 bits per heavy atom. The normalized spacial score (nSPS) is 24.2. The van der Waals surface area contributed by atoms with E-state index in [1.807, 2.05) is 0 Å². The number of hydrogen-bond acceptors (Lipinski definition) is 2. The van der Waals surface area contributed by atoms with E-state index >= 15 is 0 Å². The van der Waals surface area contributed by atoms with Gasteiger partial charge in [0, 0.05) is 18.2 Å². The lowest BCUT2D eigenvalue weighted by Crippen LogP contribution is -2.36. The highest BCUT2D eigenvalue weighted by molar-refractivity contribution is 5.64. The lowest BCUT2D eigenvalue weighted by Gasteiger charge is -2.27. The van der Waals surface area contributed by atoms with Crippen molar-refractivity contribution in [2.75, 3.05) is 0 Å². The summed E-state index contributed by atoms with van der Waals surface area (Å²) in [5, 5.41) is 14.9. The molecule has 100 valence electrons. The maximum absolute atomic E-state index is 12.4. The SMILES string of the molecule is O=C(O)NC1CCC(c2ccn(C(F)F)n2)CC1.